The molecule has 5 heteroatoms. The Labute approximate surface area is 115 Å². The van der Waals surface area contributed by atoms with E-state index in [1.807, 2.05) is 17.9 Å². The molecule has 18 heavy (non-hydrogen) atoms. The fourth-order valence-electron chi connectivity index (χ4n) is 1.90. The van der Waals surface area contributed by atoms with Gasteiger partial charge in [0.25, 0.3) is 5.91 Å². The highest BCUT2D eigenvalue weighted by Gasteiger charge is 2.31. The third-order valence-corrected chi connectivity index (χ3v) is 3.46. The van der Waals surface area contributed by atoms with Crippen LogP contribution in [0.2, 0.25) is 0 Å². The van der Waals surface area contributed by atoms with Crippen molar-refractivity contribution in [2.75, 3.05) is 18.9 Å². The van der Waals surface area contributed by atoms with Crippen molar-refractivity contribution in [2.45, 2.75) is 25.8 Å². The normalized spacial score (nSPS) is 14.3. The predicted octanol–water partition coefficient (Wildman–Crippen LogP) is 2.42. The second-order valence-corrected chi connectivity index (χ2v) is 5.30. The van der Waals surface area contributed by atoms with Crippen LogP contribution in [0.15, 0.2) is 22.7 Å². The molecule has 0 radical (unpaired) electrons. The van der Waals surface area contributed by atoms with E-state index in [0.29, 0.717) is 17.5 Å². The van der Waals surface area contributed by atoms with Crippen LogP contribution >= 0.6 is 15.9 Å². The van der Waals surface area contributed by atoms with Gasteiger partial charge in [-0.1, -0.05) is 15.9 Å². The number of nitrogens with zero attached hydrogens (tertiary/aromatic N) is 1. The molecule has 1 aliphatic rings. The van der Waals surface area contributed by atoms with E-state index >= 15 is 0 Å². The number of benzene rings is 1. The molecule has 0 unspecified atom stereocenters. The van der Waals surface area contributed by atoms with Gasteiger partial charge in [-0.05, 0) is 38.0 Å². The highest BCUT2D eigenvalue weighted by molar-refractivity contribution is 9.10. The molecule has 1 aromatic carbocycles. The summed E-state index contributed by atoms with van der Waals surface area (Å²) in [6.45, 7) is 2.78. The molecule has 0 spiro atoms. The van der Waals surface area contributed by atoms with Crippen molar-refractivity contribution in [1.29, 1.82) is 0 Å². The van der Waals surface area contributed by atoms with Crippen LogP contribution in [0.1, 0.15) is 19.8 Å². The number of likely N-dealkylation sites (N-methyl/N-ethyl adjacent to an activating group) is 1. The van der Waals surface area contributed by atoms with E-state index in [1.165, 1.54) is 0 Å². The monoisotopic (exact) mass is 312 g/mol. The summed E-state index contributed by atoms with van der Waals surface area (Å²) in [7, 11) is 0. The first-order valence-corrected chi connectivity index (χ1v) is 6.88. The Morgan fingerprint density at radius 1 is 1.56 bits per heavy atom. The minimum Gasteiger partial charge on any atom is -0.482 e. The summed E-state index contributed by atoms with van der Waals surface area (Å²) in [5, 5.41) is 0. The fourth-order valence-corrected chi connectivity index (χ4v) is 2.28. The number of anilines is 1. The van der Waals surface area contributed by atoms with Crippen molar-refractivity contribution < 1.29 is 9.53 Å². The topological polar surface area (TPSA) is 55.6 Å². The average Bonchev–Trinajstić information content (AvgIpc) is 3.13. The van der Waals surface area contributed by atoms with Gasteiger partial charge < -0.3 is 15.4 Å². The Morgan fingerprint density at radius 2 is 2.28 bits per heavy atom. The zero-order valence-corrected chi connectivity index (χ0v) is 11.9. The van der Waals surface area contributed by atoms with E-state index in [-0.39, 0.29) is 12.5 Å². The second kappa shape index (κ2) is 5.61. The van der Waals surface area contributed by atoms with Crippen molar-refractivity contribution >= 4 is 27.5 Å². The van der Waals surface area contributed by atoms with Gasteiger partial charge in [-0.25, -0.2) is 0 Å². The van der Waals surface area contributed by atoms with Crippen LogP contribution < -0.4 is 10.5 Å². The Balaban J connectivity index is 1.92. The van der Waals surface area contributed by atoms with Gasteiger partial charge in [0.15, 0.2) is 6.61 Å². The Bertz CT molecular complexity index is 447. The van der Waals surface area contributed by atoms with Gasteiger partial charge in [-0.3, -0.25) is 4.79 Å². The van der Waals surface area contributed by atoms with E-state index in [2.05, 4.69) is 15.9 Å². The van der Waals surface area contributed by atoms with E-state index < -0.39 is 0 Å². The van der Waals surface area contributed by atoms with Crippen LogP contribution in [0.4, 0.5) is 5.69 Å². The predicted molar refractivity (Wildman–Crippen MR) is 74.5 cm³/mol. The third-order valence-electron chi connectivity index (χ3n) is 2.97. The van der Waals surface area contributed by atoms with Gasteiger partial charge in [0.1, 0.15) is 5.75 Å². The summed E-state index contributed by atoms with van der Waals surface area (Å²) in [5.41, 5.74) is 6.34. The Hall–Kier alpha value is -1.23. The molecule has 4 nitrogen and oxygen atoms in total. The summed E-state index contributed by atoms with van der Waals surface area (Å²) in [4.78, 5) is 13.8. The number of nitrogen functional groups attached to an aromatic ring is 1. The van der Waals surface area contributed by atoms with Crippen LogP contribution in [0.25, 0.3) is 0 Å². The van der Waals surface area contributed by atoms with E-state index in [1.54, 1.807) is 12.1 Å². The van der Waals surface area contributed by atoms with Gasteiger partial charge in [0, 0.05) is 17.1 Å². The molecular formula is C13H17BrN2O2. The number of ether oxygens (including phenoxy) is 1. The van der Waals surface area contributed by atoms with Crippen LogP contribution in [0.5, 0.6) is 5.75 Å². The number of amides is 1. The van der Waals surface area contributed by atoms with Crippen molar-refractivity contribution in [2.24, 2.45) is 0 Å². The third kappa shape index (κ3) is 3.16. The van der Waals surface area contributed by atoms with Crippen LogP contribution in [0.3, 0.4) is 0 Å². The maximum Gasteiger partial charge on any atom is 0.260 e. The van der Waals surface area contributed by atoms with Crippen molar-refractivity contribution in [1.82, 2.24) is 4.90 Å². The van der Waals surface area contributed by atoms with E-state index in [9.17, 15) is 4.79 Å². The minimum absolute atomic E-state index is 0.0299. The Kier molecular flexibility index (Phi) is 4.11. The number of carbonyl (C=O) groups is 1. The summed E-state index contributed by atoms with van der Waals surface area (Å²) in [5.74, 6) is 0.584. The van der Waals surface area contributed by atoms with Crippen LogP contribution in [0, 0.1) is 0 Å². The summed E-state index contributed by atoms with van der Waals surface area (Å²) < 4.78 is 6.37. The molecular weight excluding hydrogens is 296 g/mol. The average molecular weight is 313 g/mol. The first-order valence-electron chi connectivity index (χ1n) is 6.09. The first kappa shape index (κ1) is 13.2. The molecule has 0 aliphatic heterocycles. The number of carbonyl (C=O) groups excluding carboxylic acids is 1. The number of hydrogen-bond donors (Lipinski definition) is 1. The highest BCUT2D eigenvalue weighted by atomic mass is 79.9. The first-order chi connectivity index (χ1) is 8.61. The van der Waals surface area contributed by atoms with Gasteiger partial charge >= 0.3 is 0 Å². The van der Waals surface area contributed by atoms with Crippen LogP contribution in [-0.4, -0.2) is 30.0 Å². The molecule has 1 aliphatic carbocycles. The van der Waals surface area contributed by atoms with Gasteiger partial charge in [-0.2, -0.15) is 0 Å². The lowest BCUT2D eigenvalue weighted by Crippen LogP contribution is -2.36. The van der Waals surface area contributed by atoms with Gasteiger partial charge in [-0.15, -0.1) is 0 Å². The zero-order valence-electron chi connectivity index (χ0n) is 10.4. The van der Waals surface area contributed by atoms with Crippen LogP contribution in [-0.2, 0) is 4.79 Å². The quantitative estimate of drug-likeness (QED) is 0.850. The minimum atomic E-state index is 0.0299. The summed E-state index contributed by atoms with van der Waals surface area (Å²) in [6, 6.07) is 5.79. The largest absolute Gasteiger partial charge is 0.482 e. The van der Waals surface area contributed by atoms with Gasteiger partial charge in [0.2, 0.25) is 0 Å². The van der Waals surface area contributed by atoms with Crippen molar-refractivity contribution in [3.63, 3.8) is 0 Å². The molecule has 0 aromatic heterocycles. The lowest BCUT2D eigenvalue weighted by molar-refractivity contribution is -0.133. The molecule has 2 N–H and O–H groups in total. The lowest BCUT2D eigenvalue weighted by Gasteiger charge is -2.20. The molecule has 1 fully saturated rings. The standard InChI is InChI=1S/C13H17BrN2O2/c1-2-16(10-4-5-10)13(17)8-18-12-6-3-9(14)7-11(12)15/h3,6-7,10H,2,4-5,8,15H2,1H3. The summed E-state index contributed by atoms with van der Waals surface area (Å²) in [6.07, 6.45) is 2.22. The molecule has 1 amide bonds. The van der Waals surface area contributed by atoms with E-state index in [0.717, 1.165) is 23.9 Å². The fraction of sp³-hybridized carbons (Fsp3) is 0.462. The maximum atomic E-state index is 12.0. The molecule has 1 saturated carbocycles. The smallest absolute Gasteiger partial charge is 0.260 e. The SMILES string of the molecule is CCN(C(=O)COc1ccc(Br)cc1N)C1CC1. The van der Waals surface area contributed by atoms with Crippen molar-refractivity contribution in [3.05, 3.63) is 22.7 Å². The number of hydrogen-bond acceptors (Lipinski definition) is 3. The van der Waals surface area contributed by atoms with Crippen molar-refractivity contribution in [3.8, 4) is 5.75 Å². The molecule has 0 heterocycles. The lowest BCUT2D eigenvalue weighted by atomic mass is 10.3. The molecule has 98 valence electrons. The number of rotatable bonds is 5. The summed E-state index contributed by atoms with van der Waals surface area (Å²) >= 11 is 3.33. The van der Waals surface area contributed by atoms with Gasteiger partial charge in [0.05, 0.1) is 5.69 Å². The molecule has 1 aromatic rings. The zero-order chi connectivity index (χ0) is 13.1. The van der Waals surface area contributed by atoms with E-state index in [4.69, 9.17) is 10.5 Å². The molecule has 0 saturated heterocycles. The maximum absolute atomic E-state index is 12.0. The Morgan fingerprint density at radius 3 is 2.83 bits per heavy atom. The molecule has 2 rings (SSSR count). The second-order valence-electron chi connectivity index (χ2n) is 4.38. The highest BCUT2D eigenvalue weighted by Crippen LogP contribution is 2.28. The molecule has 0 atom stereocenters. The number of halogens is 1. The molecule has 0 bridgehead atoms. The number of nitrogens with two attached hydrogens (primary N) is 1.